The Bertz CT molecular complexity index is 927. The third-order valence-corrected chi connectivity index (χ3v) is 5.71. The van der Waals surface area contributed by atoms with Gasteiger partial charge in [-0.2, -0.15) is 0 Å². The standard InChI is InChI=1S/C21H30N8S/c1-14(22)13-18(23)25-19-15(2)20(29-11-9-28(4)10-12-29)27-21(26-19)30-17-7-5-16(24-3)6-8-17/h5-8,13,24H,9-12,22H2,1-4H3,(H2,23,25,26,27)/b14-13-. The average molecular weight is 427 g/mol. The summed E-state index contributed by atoms with van der Waals surface area (Å²) < 4.78 is 0. The highest BCUT2D eigenvalue weighted by Crippen LogP contribution is 2.33. The molecule has 0 atom stereocenters. The van der Waals surface area contributed by atoms with Crippen LogP contribution in [0.4, 0.5) is 17.3 Å². The van der Waals surface area contributed by atoms with E-state index in [4.69, 9.17) is 16.5 Å². The number of likely N-dealkylation sites (N-methyl/N-ethyl adjacent to an activating group) is 1. The van der Waals surface area contributed by atoms with Gasteiger partial charge in [-0.05, 0) is 63.0 Å². The fraction of sp³-hybridized carbons (Fsp3) is 0.381. The summed E-state index contributed by atoms with van der Waals surface area (Å²) in [5.41, 5.74) is 14.4. The fourth-order valence-electron chi connectivity index (χ4n) is 3.14. The zero-order chi connectivity index (χ0) is 21.7. The lowest BCUT2D eigenvalue weighted by molar-refractivity contribution is 0.311. The Morgan fingerprint density at radius 2 is 1.80 bits per heavy atom. The number of nitrogens with two attached hydrogens (primary N) is 2. The Labute approximate surface area is 182 Å². The first-order valence-electron chi connectivity index (χ1n) is 9.91. The van der Waals surface area contributed by atoms with Crippen LogP contribution in [0.25, 0.3) is 0 Å². The molecule has 0 aliphatic carbocycles. The molecule has 160 valence electrons. The zero-order valence-electron chi connectivity index (χ0n) is 18.0. The molecule has 1 aliphatic rings. The van der Waals surface area contributed by atoms with E-state index in [1.165, 1.54) is 11.8 Å². The molecule has 1 aromatic carbocycles. The number of nitrogens with one attached hydrogen (secondary N) is 1. The van der Waals surface area contributed by atoms with Crippen LogP contribution in [0.2, 0.25) is 0 Å². The van der Waals surface area contributed by atoms with Crippen molar-refractivity contribution in [1.29, 1.82) is 0 Å². The van der Waals surface area contributed by atoms with Gasteiger partial charge < -0.3 is 26.6 Å². The lowest BCUT2D eigenvalue weighted by Gasteiger charge is -2.34. The molecule has 0 amide bonds. The third-order valence-electron chi connectivity index (χ3n) is 4.84. The minimum Gasteiger partial charge on any atom is -0.402 e. The normalized spacial score (nSPS) is 16.1. The lowest BCUT2D eigenvalue weighted by Crippen LogP contribution is -2.45. The number of anilines is 2. The SMILES string of the molecule is CNc1ccc(Sc2nc(/N=C(N)/C=C(/C)N)c(C)c(N3CCN(C)CC3)n2)cc1. The number of benzene rings is 1. The van der Waals surface area contributed by atoms with E-state index in [0.29, 0.717) is 22.5 Å². The highest BCUT2D eigenvalue weighted by molar-refractivity contribution is 7.99. The van der Waals surface area contributed by atoms with Crippen LogP contribution in [0, 0.1) is 6.92 Å². The van der Waals surface area contributed by atoms with Crippen molar-refractivity contribution in [3.05, 3.63) is 41.6 Å². The van der Waals surface area contributed by atoms with Crippen molar-refractivity contribution in [3.8, 4) is 0 Å². The summed E-state index contributed by atoms with van der Waals surface area (Å²) in [5, 5.41) is 3.77. The van der Waals surface area contributed by atoms with Crippen LogP contribution in [-0.2, 0) is 0 Å². The summed E-state index contributed by atoms with van der Waals surface area (Å²) >= 11 is 1.51. The highest BCUT2D eigenvalue weighted by atomic mass is 32.2. The molecule has 1 aliphatic heterocycles. The quantitative estimate of drug-likeness (QED) is 0.367. The molecule has 1 aromatic heterocycles. The van der Waals surface area contributed by atoms with Gasteiger partial charge in [0.05, 0.1) is 0 Å². The molecule has 30 heavy (non-hydrogen) atoms. The number of allylic oxidation sites excluding steroid dienone is 1. The van der Waals surface area contributed by atoms with Gasteiger partial charge in [0, 0.05) is 55.1 Å². The molecule has 5 N–H and O–H groups in total. The number of aliphatic imine (C=N–C) groups is 1. The van der Waals surface area contributed by atoms with Crippen LogP contribution in [0.1, 0.15) is 12.5 Å². The molecule has 1 fully saturated rings. The molecule has 2 aromatic rings. The highest BCUT2D eigenvalue weighted by Gasteiger charge is 2.21. The maximum absolute atomic E-state index is 6.06. The van der Waals surface area contributed by atoms with Gasteiger partial charge in [-0.15, -0.1) is 0 Å². The topological polar surface area (TPSA) is 109 Å². The first-order valence-corrected chi connectivity index (χ1v) is 10.7. The summed E-state index contributed by atoms with van der Waals surface area (Å²) in [4.78, 5) is 19.8. The van der Waals surface area contributed by atoms with Crippen molar-refractivity contribution in [3.63, 3.8) is 0 Å². The summed E-state index contributed by atoms with van der Waals surface area (Å²) in [6, 6.07) is 8.16. The van der Waals surface area contributed by atoms with Gasteiger partial charge in [-0.1, -0.05) is 0 Å². The van der Waals surface area contributed by atoms with Gasteiger partial charge in [0.25, 0.3) is 0 Å². The van der Waals surface area contributed by atoms with E-state index in [1.807, 2.05) is 38.2 Å². The van der Waals surface area contributed by atoms with Gasteiger partial charge >= 0.3 is 0 Å². The van der Waals surface area contributed by atoms with Crippen LogP contribution in [0.5, 0.6) is 0 Å². The van der Waals surface area contributed by atoms with E-state index in [2.05, 4.69) is 32.1 Å². The molecule has 3 rings (SSSR count). The van der Waals surface area contributed by atoms with E-state index >= 15 is 0 Å². The maximum Gasteiger partial charge on any atom is 0.196 e. The largest absolute Gasteiger partial charge is 0.402 e. The van der Waals surface area contributed by atoms with E-state index < -0.39 is 0 Å². The van der Waals surface area contributed by atoms with E-state index in [9.17, 15) is 0 Å². The van der Waals surface area contributed by atoms with E-state index in [1.54, 1.807) is 13.0 Å². The predicted molar refractivity (Wildman–Crippen MR) is 126 cm³/mol. The molecule has 0 bridgehead atoms. The van der Waals surface area contributed by atoms with E-state index in [-0.39, 0.29) is 0 Å². The number of hydrogen-bond acceptors (Lipinski definition) is 8. The Kier molecular flexibility index (Phi) is 7.17. The minimum absolute atomic E-state index is 0.329. The molecule has 2 heterocycles. The first-order chi connectivity index (χ1) is 14.4. The molecule has 0 spiro atoms. The van der Waals surface area contributed by atoms with Crippen molar-refractivity contribution in [2.75, 3.05) is 50.5 Å². The molecular formula is C21H30N8S. The molecule has 0 unspecified atom stereocenters. The van der Waals surface area contributed by atoms with Crippen LogP contribution in [-0.4, -0.2) is 61.0 Å². The summed E-state index contributed by atoms with van der Waals surface area (Å²) in [7, 11) is 4.04. The molecule has 8 nitrogen and oxygen atoms in total. The Hall–Kier alpha value is -2.78. The smallest absolute Gasteiger partial charge is 0.196 e. The minimum atomic E-state index is 0.329. The number of nitrogens with zero attached hydrogens (tertiary/aromatic N) is 5. The third kappa shape index (κ3) is 5.64. The molecule has 9 heteroatoms. The van der Waals surface area contributed by atoms with Crippen molar-refractivity contribution >= 4 is 34.9 Å². The molecular weight excluding hydrogens is 396 g/mol. The van der Waals surface area contributed by atoms with Crippen molar-refractivity contribution in [2.45, 2.75) is 23.9 Å². The molecule has 1 saturated heterocycles. The summed E-state index contributed by atoms with van der Waals surface area (Å²) in [5.74, 6) is 1.81. The number of piperazine rings is 1. The van der Waals surface area contributed by atoms with Crippen molar-refractivity contribution in [2.24, 2.45) is 16.5 Å². The monoisotopic (exact) mass is 426 g/mol. The second-order valence-electron chi connectivity index (χ2n) is 7.37. The maximum atomic E-state index is 6.06. The Morgan fingerprint density at radius 3 is 2.40 bits per heavy atom. The van der Waals surface area contributed by atoms with Gasteiger partial charge in [-0.3, -0.25) is 0 Å². The lowest BCUT2D eigenvalue weighted by atomic mass is 10.2. The number of amidine groups is 1. The van der Waals surface area contributed by atoms with E-state index in [0.717, 1.165) is 48.1 Å². The fourth-order valence-corrected chi connectivity index (χ4v) is 3.88. The first kappa shape index (κ1) is 21.9. The average Bonchev–Trinajstić information content (AvgIpc) is 2.71. The van der Waals surface area contributed by atoms with Crippen LogP contribution < -0.4 is 21.7 Å². The molecule has 0 saturated carbocycles. The van der Waals surface area contributed by atoms with Gasteiger partial charge in [-0.25, -0.2) is 15.0 Å². The van der Waals surface area contributed by atoms with Crippen molar-refractivity contribution < 1.29 is 0 Å². The van der Waals surface area contributed by atoms with Gasteiger partial charge in [0.15, 0.2) is 11.0 Å². The number of rotatable bonds is 6. The second kappa shape index (κ2) is 9.82. The Balaban J connectivity index is 1.99. The Morgan fingerprint density at radius 1 is 1.13 bits per heavy atom. The van der Waals surface area contributed by atoms with Crippen LogP contribution >= 0.6 is 11.8 Å². The summed E-state index contributed by atoms with van der Waals surface area (Å²) in [6.45, 7) is 7.59. The van der Waals surface area contributed by atoms with Gasteiger partial charge in [0.2, 0.25) is 0 Å². The van der Waals surface area contributed by atoms with Crippen molar-refractivity contribution in [1.82, 2.24) is 14.9 Å². The second-order valence-corrected chi connectivity index (χ2v) is 8.41. The van der Waals surface area contributed by atoms with Crippen LogP contribution in [0.15, 0.2) is 51.1 Å². The zero-order valence-corrected chi connectivity index (χ0v) is 18.8. The predicted octanol–water partition coefficient (Wildman–Crippen LogP) is 2.58. The number of aromatic nitrogens is 2. The van der Waals surface area contributed by atoms with Gasteiger partial charge in [0.1, 0.15) is 11.7 Å². The molecule has 0 radical (unpaired) electrons. The number of hydrogen-bond donors (Lipinski definition) is 3. The van der Waals surface area contributed by atoms with Crippen LogP contribution in [0.3, 0.4) is 0 Å². The summed E-state index contributed by atoms with van der Waals surface area (Å²) in [6.07, 6.45) is 1.64.